The molecule has 2 heterocycles. The van der Waals surface area contributed by atoms with Crippen LogP contribution in [0.25, 0.3) is 0 Å². The van der Waals surface area contributed by atoms with E-state index < -0.39 is 0 Å². The standard InChI is InChI=1S/C16H24N2OS2/c1-3-5-12-16(19)18(13-6-4-7-14(13)20-2)15(17-12)11-8-9-21-10-11/h8-10,12-15,17H,3-7H2,1-2H3. The van der Waals surface area contributed by atoms with Gasteiger partial charge in [-0.05, 0) is 47.9 Å². The first-order chi connectivity index (χ1) is 10.3. The molecule has 1 aromatic heterocycles. The summed E-state index contributed by atoms with van der Waals surface area (Å²) >= 11 is 3.63. The SMILES string of the molecule is CCCC1NC(c2ccsc2)N(C2CCCC2SC)C1=O. The van der Waals surface area contributed by atoms with Crippen molar-refractivity contribution in [1.82, 2.24) is 10.2 Å². The van der Waals surface area contributed by atoms with Gasteiger partial charge >= 0.3 is 0 Å². The third-order valence-corrected chi connectivity index (χ3v) is 6.56. The zero-order valence-corrected chi connectivity index (χ0v) is 14.4. The Morgan fingerprint density at radius 2 is 2.33 bits per heavy atom. The minimum absolute atomic E-state index is 0.00278. The van der Waals surface area contributed by atoms with Gasteiger partial charge < -0.3 is 4.90 Å². The molecule has 1 amide bonds. The van der Waals surface area contributed by atoms with E-state index in [0.717, 1.165) is 19.3 Å². The highest BCUT2D eigenvalue weighted by molar-refractivity contribution is 7.99. The van der Waals surface area contributed by atoms with Crippen LogP contribution >= 0.6 is 23.1 Å². The summed E-state index contributed by atoms with van der Waals surface area (Å²) in [5.74, 6) is 0.319. The first-order valence-corrected chi connectivity index (χ1v) is 10.1. The first-order valence-electron chi connectivity index (χ1n) is 7.89. The monoisotopic (exact) mass is 324 g/mol. The van der Waals surface area contributed by atoms with Crippen molar-refractivity contribution in [2.75, 3.05) is 6.26 Å². The Labute approximate surface area is 135 Å². The number of carbonyl (C=O) groups excluding carboxylic acids is 1. The predicted octanol–water partition coefficient (Wildman–Crippen LogP) is 3.63. The summed E-state index contributed by atoms with van der Waals surface area (Å²) in [6.45, 7) is 2.15. The Balaban J connectivity index is 1.87. The molecule has 1 saturated heterocycles. The van der Waals surface area contributed by atoms with Crippen molar-refractivity contribution < 1.29 is 4.79 Å². The van der Waals surface area contributed by atoms with Gasteiger partial charge in [-0.3, -0.25) is 10.1 Å². The van der Waals surface area contributed by atoms with Crippen molar-refractivity contribution in [3.63, 3.8) is 0 Å². The van der Waals surface area contributed by atoms with Crippen molar-refractivity contribution in [1.29, 1.82) is 0 Å². The fourth-order valence-corrected chi connectivity index (χ4v) is 5.35. The van der Waals surface area contributed by atoms with Crippen molar-refractivity contribution in [2.24, 2.45) is 0 Å². The molecular weight excluding hydrogens is 300 g/mol. The lowest BCUT2D eigenvalue weighted by Crippen LogP contribution is -2.43. The van der Waals surface area contributed by atoms with Gasteiger partial charge in [-0.1, -0.05) is 19.8 Å². The first kappa shape index (κ1) is 15.4. The summed E-state index contributed by atoms with van der Waals surface area (Å²) in [7, 11) is 0. The summed E-state index contributed by atoms with van der Waals surface area (Å²) in [5.41, 5.74) is 1.25. The molecule has 3 rings (SSSR count). The lowest BCUT2D eigenvalue weighted by molar-refractivity contribution is -0.132. The van der Waals surface area contributed by atoms with E-state index in [1.165, 1.54) is 18.4 Å². The van der Waals surface area contributed by atoms with Gasteiger partial charge in [0.05, 0.1) is 6.04 Å². The average Bonchev–Trinajstić information content (AvgIpc) is 3.19. The largest absolute Gasteiger partial charge is 0.317 e. The van der Waals surface area contributed by atoms with Crippen LogP contribution in [0.5, 0.6) is 0 Å². The van der Waals surface area contributed by atoms with E-state index in [-0.39, 0.29) is 12.2 Å². The number of carbonyl (C=O) groups is 1. The van der Waals surface area contributed by atoms with E-state index >= 15 is 0 Å². The summed E-state index contributed by atoms with van der Waals surface area (Å²) in [6.07, 6.45) is 7.88. The normalized spacial score (nSPS) is 33.0. The van der Waals surface area contributed by atoms with E-state index in [0.29, 0.717) is 17.2 Å². The predicted molar refractivity (Wildman–Crippen MR) is 90.7 cm³/mol. The summed E-state index contributed by atoms with van der Waals surface area (Å²) in [4.78, 5) is 15.1. The van der Waals surface area contributed by atoms with Crippen LogP contribution in [-0.4, -0.2) is 34.4 Å². The topological polar surface area (TPSA) is 32.3 Å². The summed E-state index contributed by atoms with van der Waals surface area (Å²) in [5, 5.41) is 8.46. The van der Waals surface area contributed by atoms with Gasteiger partial charge in [0.1, 0.15) is 6.17 Å². The van der Waals surface area contributed by atoms with Crippen molar-refractivity contribution in [3.05, 3.63) is 22.4 Å². The number of nitrogens with zero attached hydrogens (tertiary/aromatic N) is 1. The highest BCUT2D eigenvalue weighted by Crippen LogP contribution is 2.39. The van der Waals surface area contributed by atoms with E-state index in [1.54, 1.807) is 11.3 Å². The summed E-state index contributed by atoms with van der Waals surface area (Å²) < 4.78 is 0. The lowest BCUT2D eigenvalue weighted by atomic mass is 10.1. The summed E-state index contributed by atoms with van der Waals surface area (Å²) in [6, 6.07) is 2.55. The van der Waals surface area contributed by atoms with Crippen LogP contribution in [0.2, 0.25) is 0 Å². The van der Waals surface area contributed by atoms with E-state index in [4.69, 9.17) is 0 Å². The molecule has 1 aliphatic carbocycles. The molecule has 0 radical (unpaired) electrons. The second kappa shape index (κ2) is 6.71. The third kappa shape index (κ3) is 2.88. The molecule has 1 saturated carbocycles. The Hall–Kier alpha value is -0.520. The molecule has 0 bridgehead atoms. The quantitative estimate of drug-likeness (QED) is 0.897. The Morgan fingerprint density at radius 1 is 1.48 bits per heavy atom. The highest BCUT2D eigenvalue weighted by atomic mass is 32.2. The van der Waals surface area contributed by atoms with Gasteiger partial charge in [-0.2, -0.15) is 23.1 Å². The van der Waals surface area contributed by atoms with E-state index in [1.807, 2.05) is 11.8 Å². The van der Waals surface area contributed by atoms with Crippen molar-refractivity contribution >= 4 is 29.0 Å². The second-order valence-electron chi connectivity index (χ2n) is 5.99. The van der Waals surface area contributed by atoms with Crippen LogP contribution in [0.4, 0.5) is 0 Å². The minimum Gasteiger partial charge on any atom is -0.317 e. The number of rotatable bonds is 5. The second-order valence-corrected chi connectivity index (χ2v) is 7.84. The fourth-order valence-electron chi connectivity index (χ4n) is 3.69. The number of nitrogens with one attached hydrogen (secondary N) is 1. The molecule has 116 valence electrons. The third-order valence-electron chi connectivity index (χ3n) is 4.70. The van der Waals surface area contributed by atoms with Crippen LogP contribution in [0.1, 0.15) is 50.8 Å². The van der Waals surface area contributed by atoms with Crippen LogP contribution in [0.3, 0.4) is 0 Å². The maximum Gasteiger partial charge on any atom is 0.241 e. The lowest BCUT2D eigenvalue weighted by Gasteiger charge is -2.33. The smallest absolute Gasteiger partial charge is 0.241 e. The molecule has 3 nitrogen and oxygen atoms in total. The Bertz CT molecular complexity index is 477. The molecular formula is C16H24N2OS2. The van der Waals surface area contributed by atoms with Crippen LogP contribution in [0, 0.1) is 0 Å². The molecule has 1 aromatic rings. The van der Waals surface area contributed by atoms with Gasteiger partial charge in [0.2, 0.25) is 5.91 Å². The maximum absolute atomic E-state index is 12.9. The molecule has 1 aliphatic heterocycles. The molecule has 1 N–H and O–H groups in total. The van der Waals surface area contributed by atoms with Gasteiger partial charge in [-0.15, -0.1) is 0 Å². The maximum atomic E-state index is 12.9. The van der Waals surface area contributed by atoms with Gasteiger partial charge in [0.25, 0.3) is 0 Å². The number of thioether (sulfide) groups is 1. The van der Waals surface area contributed by atoms with Crippen LogP contribution < -0.4 is 5.32 Å². The van der Waals surface area contributed by atoms with Crippen molar-refractivity contribution in [2.45, 2.75) is 62.5 Å². The number of hydrogen-bond donors (Lipinski definition) is 1. The zero-order chi connectivity index (χ0) is 14.8. The van der Waals surface area contributed by atoms with Gasteiger partial charge in [0.15, 0.2) is 0 Å². The fraction of sp³-hybridized carbons (Fsp3) is 0.688. The Kier molecular flexibility index (Phi) is 4.92. The minimum atomic E-state index is 0.00278. The number of thiophene rings is 1. The molecule has 2 fully saturated rings. The van der Waals surface area contributed by atoms with Gasteiger partial charge in [0, 0.05) is 11.3 Å². The number of amides is 1. The van der Waals surface area contributed by atoms with E-state index in [2.05, 4.69) is 40.2 Å². The molecule has 21 heavy (non-hydrogen) atoms. The molecule has 0 spiro atoms. The average molecular weight is 325 g/mol. The zero-order valence-electron chi connectivity index (χ0n) is 12.7. The molecule has 4 unspecified atom stereocenters. The van der Waals surface area contributed by atoms with Crippen molar-refractivity contribution in [3.8, 4) is 0 Å². The van der Waals surface area contributed by atoms with Crippen LogP contribution in [-0.2, 0) is 4.79 Å². The number of hydrogen-bond acceptors (Lipinski definition) is 4. The molecule has 2 aliphatic rings. The van der Waals surface area contributed by atoms with Gasteiger partial charge in [-0.25, -0.2) is 0 Å². The van der Waals surface area contributed by atoms with E-state index in [9.17, 15) is 4.79 Å². The molecule has 0 aromatic carbocycles. The van der Waals surface area contributed by atoms with Crippen LogP contribution in [0.15, 0.2) is 16.8 Å². The molecule has 4 atom stereocenters. The molecule has 5 heteroatoms. The Morgan fingerprint density at radius 3 is 3.00 bits per heavy atom. The highest BCUT2D eigenvalue weighted by Gasteiger charge is 2.46.